The van der Waals surface area contributed by atoms with E-state index in [0.717, 1.165) is 6.07 Å². The summed E-state index contributed by atoms with van der Waals surface area (Å²) in [5.41, 5.74) is 4.81. The van der Waals surface area contributed by atoms with Gasteiger partial charge in [-0.05, 0) is 28.7 Å². The number of alkyl halides is 2. The molecular weight excluding hydrogens is 296 g/mol. The minimum Gasteiger partial charge on any atom is -0.325 e. The van der Waals surface area contributed by atoms with Crippen molar-refractivity contribution < 1.29 is 13.2 Å². The topological polar surface area (TPSA) is 38.9 Å². The first-order chi connectivity index (χ1) is 6.06. The lowest BCUT2D eigenvalue weighted by molar-refractivity contribution is 0.144. The van der Waals surface area contributed by atoms with E-state index in [1.165, 1.54) is 0 Å². The minimum absolute atomic E-state index is 0.0342. The number of pyridine rings is 1. The van der Waals surface area contributed by atoms with Crippen molar-refractivity contribution in [3.05, 3.63) is 26.8 Å². The van der Waals surface area contributed by atoms with Gasteiger partial charge in [0.05, 0.1) is 11.3 Å². The molecule has 0 fully saturated rings. The fraction of sp³-hybridized carbons (Fsp3) is 0.286. The Bertz CT molecular complexity index is 294. The second-order valence-electron chi connectivity index (χ2n) is 2.30. The van der Waals surface area contributed by atoms with E-state index in [1.54, 1.807) is 22.6 Å². The van der Waals surface area contributed by atoms with E-state index in [0.29, 0.717) is 0 Å². The number of nitrogens with two attached hydrogens (primary N) is 1. The molecule has 0 aromatic carbocycles. The Labute approximate surface area is 86.5 Å². The molecule has 6 heteroatoms. The molecule has 1 aromatic rings. The maximum absolute atomic E-state index is 13.0. The number of nitrogens with zero attached hydrogens (tertiary/aromatic N) is 1. The number of rotatable bonds is 2. The summed E-state index contributed by atoms with van der Waals surface area (Å²) in [5.74, 6) is -0.949. The van der Waals surface area contributed by atoms with Gasteiger partial charge in [0.15, 0.2) is 0 Å². The molecule has 1 rings (SSSR count). The van der Waals surface area contributed by atoms with E-state index in [9.17, 15) is 13.2 Å². The van der Waals surface area contributed by atoms with Gasteiger partial charge in [0, 0.05) is 6.54 Å². The number of hydrogen-bond acceptors (Lipinski definition) is 2. The van der Waals surface area contributed by atoms with Gasteiger partial charge in [0.2, 0.25) is 0 Å². The Kier molecular flexibility index (Phi) is 3.48. The molecule has 1 aromatic heterocycles. The van der Waals surface area contributed by atoms with Crippen molar-refractivity contribution in [3.8, 4) is 0 Å². The first-order valence-electron chi connectivity index (χ1n) is 3.39. The van der Waals surface area contributed by atoms with Crippen LogP contribution in [0, 0.1) is 9.52 Å². The maximum Gasteiger partial charge on any atom is 0.269 e. The van der Waals surface area contributed by atoms with Crippen LogP contribution in [0.3, 0.4) is 0 Å². The molecule has 2 N–H and O–H groups in total. The Hall–Kier alpha value is -0.370. The third-order valence-corrected chi connectivity index (χ3v) is 2.26. The van der Waals surface area contributed by atoms with Crippen LogP contribution in [0.25, 0.3) is 0 Å². The van der Waals surface area contributed by atoms with Gasteiger partial charge in [-0.1, -0.05) is 0 Å². The highest BCUT2D eigenvalue weighted by molar-refractivity contribution is 14.1. The van der Waals surface area contributed by atoms with E-state index in [1.807, 2.05) is 0 Å². The van der Waals surface area contributed by atoms with Crippen molar-refractivity contribution >= 4 is 22.6 Å². The first-order valence-corrected chi connectivity index (χ1v) is 4.47. The largest absolute Gasteiger partial charge is 0.325 e. The number of aromatic nitrogens is 1. The van der Waals surface area contributed by atoms with E-state index >= 15 is 0 Å². The summed E-state index contributed by atoms with van der Waals surface area (Å²) in [7, 11) is 0. The molecule has 0 aliphatic heterocycles. The Morgan fingerprint density at radius 2 is 2.15 bits per heavy atom. The van der Waals surface area contributed by atoms with Gasteiger partial charge in [-0.3, -0.25) is 0 Å². The summed E-state index contributed by atoms with van der Waals surface area (Å²) in [4.78, 5) is 3.72. The summed E-state index contributed by atoms with van der Waals surface area (Å²) in [6.07, 6.45) is -2.84. The van der Waals surface area contributed by atoms with Gasteiger partial charge in [0.25, 0.3) is 6.43 Å². The van der Waals surface area contributed by atoms with Crippen LogP contribution in [-0.4, -0.2) is 4.98 Å². The zero-order chi connectivity index (χ0) is 10.0. The average Bonchev–Trinajstić information content (AvgIpc) is 2.02. The van der Waals surface area contributed by atoms with Crippen molar-refractivity contribution in [1.82, 2.24) is 4.98 Å². The second-order valence-corrected chi connectivity index (χ2v) is 3.33. The van der Waals surface area contributed by atoms with Gasteiger partial charge in [-0.25, -0.2) is 18.2 Å². The zero-order valence-electron chi connectivity index (χ0n) is 6.40. The molecule has 0 unspecified atom stereocenters. The summed E-state index contributed by atoms with van der Waals surface area (Å²) in [6.45, 7) is 0.0381. The number of halogens is 4. The van der Waals surface area contributed by atoms with Crippen LogP contribution in [0.2, 0.25) is 0 Å². The zero-order valence-corrected chi connectivity index (χ0v) is 8.56. The predicted molar refractivity (Wildman–Crippen MR) is 49.8 cm³/mol. The molecule has 0 atom stereocenters. The summed E-state index contributed by atoms with van der Waals surface area (Å²) in [5, 5.41) is 0. The lowest BCUT2D eigenvalue weighted by Gasteiger charge is -2.05. The summed E-state index contributed by atoms with van der Waals surface area (Å²) >= 11 is 1.56. The van der Waals surface area contributed by atoms with Crippen LogP contribution in [0.5, 0.6) is 0 Å². The van der Waals surface area contributed by atoms with Gasteiger partial charge in [0.1, 0.15) is 9.52 Å². The quantitative estimate of drug-likeness (QED) is 0.672. The third kappa shape index (κ3) is 2.31. The van der Waals surface area contributed by atoms with Crippen LogP contribution < -0.4 is 5.73 Å². The smallest absolute Gasteiger partial charge is 0.269 e. The van der Waals surface area contributed by atoms with E-state index in [2.05, 4.69) is 4.98 Å². The third-order valence-electron chi connectivity index (χ3n) is 1.44. The molecule has 0 aliphatic carbocycles. The monoisotopic (exact) mass is 302 g/mol. The molecule has 0 aliphatic rings. The van der Waals surface area contributed by atoms with Crippen molar-refractivity contribution in [2.24, 2.45) is 5.73 Å². The van der Waals surface area contributed by atoms with Gasteiger partial charge >= 0.3 is 0 Å². The Morgan fingerprint density at radius 3 is 2.54 bits per heavy atom. The SMILES string of the molecule is NCc1cc(F)c(C(F)F)c(I)n1. The molecule has 0 spiro atoms. The molecule has 72 valence electrons. The second kappa shape index (κ2) is 4.23. The minimum atomic E-state index is -2.84. The maximum atomic E-state index is 13.0. The average molecular weight is 302 g/mol. The van der Waals surface area contributed by atoms with E-state index in [-0.39, 0.29) is 15.9 Å². The van der Waals surface area contributed by atoms with E-state index in [4.69, 9.17) is 5.73 Å². The summed E-state index contributed by atoms with van der Waals surface area (Å²) in [6, 6.07) is 0.934. The van der Waals surface area contributed by atoms with Gasteiger partial charge < -0.3 is 5.73 Å². The fourth-order valence-corrected chi connectivity index (χ4v) is 1.64. The van der Waals surface area contributed by atoms with Crippen molar-refractivity contribution in [3.63, 3.8) is 0 Å². The molecule has 0 radical (unpaired) electrons. The van der Waals surface area contributed by atoms with Gasteiger partial charge in [-0.2, -0.15) is 0 Å². The van der Waals surface area contributed by atoms with Crippen LogP contribution in [0.4, 0.5) is 13.2 Å². The van der Waals surface area contributed by atoms with Crippen LogP contribution >= 0.6 is 22.6 Å². The van der Waals surface area contributed by atoms with Gasteiger partial charge in [-0.15, -0.1) is 0 Å². The molecule has 1 heterocycles. The highest BCUT2D eigenvalue weighted by Crippen LogP contribution is 2.26. The van der Waals surface area contributed by atoms with Crippen molar-refractivity contribution in [2.75, 3.05) is 0 Å². The number of hydrogen-bond donors (Lipinski definition) is 1. The van der Waals surface area contributed by atoms with Crippen molar-refractivity contribution in [1.29, 1.82) is 0 Å². The predicted octanol–water partition coefficient (Wildman–Crippen LogP) is 2.22. The van der Waals surface area contributed by atoms with E-state index < -0.39 is 17.8 Å². The molecule has 13 heavy (non-hydrogen) atoms. The van der Waals surface area contributed by atoms with Crippen LogP contribution in [-0.2, 0) is 6.54 Å². The standard InChI is InChI=1S/C7H6F3IN2/c8-4-1-3(2-12)13-7(11)5(4)6(9)10/h1,6H,2,12H2. The fourth-order valence-electron chi connectivity index (χ4n) is 0.840. The Balaban J connectivity index is 3.23. The first kappa shape index (κ1) is 10.7. The normalized spacial score (nSPS) is 10.9. The molecule has 0 saturated carbocycles. The van der Waals surface area contributed by atoms with Crippen LogP contribution in [0.1, 0.15) is 17.7 Å². The molecular formula is C7H6F3IN2. The molecule has 0 amide bonds. The molecule has 0 bridgehead atoms. The molecule has 2 nitrogen and oxygen atoms in total. The van der Waals surface area contributed by atoms with Crippen LogP contribution in [0.15, 0.2) is 6.07 Å². The highest BCUT2D eigenvalue weighted by Gasteiger charge is 2.18. The molecule has 0 saturated heterocycles. The summed E-state index contributed by atoms with van der Waals surface area (Å²) < 4.78 is 37.4. The lowest BCUT2D eigenvalue weighted by atomic mass is 10.2. The highest BCUT2D eigenvalue weighted by atomic mass is 127. The lowest BCUT2D eigenvalue weighted by Crippen LogP contribution is -2.06. The van der Waals surface area contributed by atoms with Crippen molar-refractivity contribution in [2.45, 2.75) is 13.0 Å². The Morgan fingerprint density at radius 1 is 1.54 bits per heavy atom.